The van der Waals surface area contributed by atoms with Crippen LogP contribution in [0, 0.1) is 6.92 Å². The number of ether oxygens (including phenoxy) is 3. The van der Waals surface area contributed by atoms with Crippen molar-refractivity contribution in [3.05, 3.63) is 59.2 Å². The summed E-state index contributed by atoms with van der Waals surface area (Å²) in [6.07, 6.45) is -0.583. The monoisotopic (exact) mass is 385 g/mol. The Morgan fingerprint density at radius 3 is 2.57 bits per heavy atom. The molecule has 0 aliphatic carbocycles. The van der Waals surface area contributed by atoms with Gasteiger partial charge in [-0.1, -0.05) is 38.1 Å². The Kier molecular flexibility index (Phi) is 8.33. The maximum atomic E-state index is 12.5. The van der Waals surface area contributed by atoms with Gasteiger partial charge in [0.05, 0.1) is 6.61 Å². The van der Waals surface area contributed by atoms with E-state index in [0.29, 0.717) is 25.7 Å². The van der Waals surface area contributed by atoms with Crippen LogP contribution in [0.2, 0.25) is 0 Å². The molecule has 0 bridgehead atoms. The molecule has 0 aromatic heterocycles. The van der Waals surface area contributed by atoms with Crippen molar-refractivity contribution in [1.82, 2.24) is 5.32 Å². The maximum absolute atomic E-state index is 12.5. The van der Waals surface area contributed by atoms with E-state index in [1.54, 1.807) is 14.0 Å². The van der Waals surface area contributed by atoms with E-state index in [2.05, 4.69) is 31.3 Å². The molecule has 0 fully saturated rings. The van der Waals surface area contributed by atoms with Gasteiger partial charge in [0, 0.05) is 13.7 Å². The zero-order valence-corrected chi connectivity index (χ0v) is 17.5. The minimum Gasteiger partial charge on any atom is -0.491 e. The minimum atomic E-state index is -0.583. The topological polar surface area (TPSA) is 56.8 Å². The van der Waals surface area contributed by atoms with Gasteiger partial charge in [-0.2, -0.15) is 0 Å². The van der Waals surface area contributed by atoms with Gasteiger partial charge >= 0.3 is 0 Å². The van der Waals surface area contributed by atoms with Crippen LogP contribution in [0.3, 0.4) is 0 Å². The SMILES string of the molecule is COCCOc1cccc(CNC(=O)C(C)Oc2cc(C)ccc2C(C)C)c1. The van der Waals surface area contributed by atoms with E-state index < -0.39 is 6.10 Å². The van der Waals surface area contributed by atoms with Gasteiger partial charge in [0.2, 0.25) is 0 Å². The first-order chi connectivity index (χ1) is 13.4. The fourth-order valence-electron chi connectivity index (χ4n) is 2.79. The van der Waals surface area contributed by atoms with E-state index in [-0.39, 0.29) is 5.91 Å². The van der Waals surface area contributed by atoms with Gasteiger partial charge in [0.15, 0.2) is 6.10 Å². The molecule has 0 aliphatic rings. The molecule has 2 rings (SSSR count). The van der Waals surface area contributed by atoms with Crippen LogP contribution in [-0.2, 0) is 16.1 Å². The summed E-state index contributed by atoms with van der Waals surface area (Å²) in [4.78, 5) is 12.5. The normalized spacial score (nSPS) is 11.9. The fraction of sp³-hybridized carbons (Fsp3) is 0.435. The molecule has 1 N–H and O–H groups in total. The lowest BCUT2D eigenvalue weighted by Gasteiger charge is -2.19. The Bertz CT molecular complexity index is 773. The Hall–Kier alpha value is -2.53. The number of amides is 1. The zero-order chi connectivity index (χ0) is 20.5. The van der Waals surface area contributed by atoms with E-state index in [0.717, 1.165) is 28.2 Å². The molecular weight excluding hydrogens is 354 g/mol. The summed E-state index contributed by atoms with van der Waals surface area (Å²) >= 11 is 0. The summed E-state index contributed by atoms with van der Waals surface area (Å²) in [5.41, 5.74) is 3.18. The van der Waals surface area contributed by atoms with Crippen LogP contribution in [0.5, 0.6) is 11.5 Å². The highest BCUT2D eigenvalue weighted by Gasteiger charge is 2.17. The van der Waals surface area contributed by atoms with E-state index >= 15 is 0 Å². The zero-order valence-electron chi connectivity index (χ0n) is 17.5. The summed E-state index contributed by atoms with van der Waals surface area (Å²) in [6, 6.07) is 13.8. The third-order valence-electron chi connectivity index (χ3n) is 4.39. The van der Waals surface area contributed by atoms with Crippen molar-refractivity contribution in [3.63, 3.8) is 0 Å². The van der Waals surface area contributed by atoms with E-state index in [1.807, 2.05) is 37.3 Å². The average Bonchev–Trinajstić information content (AvgIpc) is 2.66. The van der Waals surface area contributed by atoms with Crippen LogP contribution in [0.15, 0.2) is 42.5 Å². The molecule has 5 heteroatoms. The van der Waals surface area contributed by atoms with Crippen LogP contribution in [0.25, 0.3) is 0 Å². The second-order valence-corrected chi connectivity index (χ2v) is 7.16. The summed E-state index contributed by atoms with van der Waals surface area (Å²) in [7, 11) is 1.64. The largest absolute Gasteiger partial charge is 0.491 e. The van der Waals surface area contributed by atoms with Crippen LogP contribution in [-0.4, -0.2) is 32.3 Å². The van der Waals surface area contributed by atoms with Crippen molar-refractivity contribution < 1.29 is 19.0 Å². The first-order valence-corrected chi connectivity index (χ1v) is 9.66. The molecule has 0 saturated carbocycles. The quantitative estimate of drug-likeness (QED) is 0.622. The predicted octanol–water partition coefficient (Wildman–Crippen LogP) is 4.23. The van der Waals surface area contributed by atoms with Crippen molar-refractivity contribution in [2.75, 3.05) is 20.3 Å². The van der Waals surface area contributed by atoms with Crippen molar-refractivity contribution in [2.45, 2.75) is 46.3 Å². The molecule has 0 radical (unpaired) electrons. The molecule has 0 heterocycles. The lowest BCUT2D eigenvalue weighted by atomic mass is 10.0. The molecule has 0 aliphatic heterocycles. The highest BCUT2D eigenvalue weighted by molar-refractivity contribution is 5.80. The van der Waals surface area contributed by atoms with E-state index in [9.17, 15) is 4.79 Å². The third kappa shape index (κ3) is 6.57. The minimum absolute atomic E-state index is 0.151. The van der Waals surface area contributed by atoms with Gasteiger partial charge in [-0.15, -0.1) is 0 Å². The number of carbonyl (C=O) groups is 1. The van der Waals surface area contributed by atoms with E-state index in [4.69, 9.17) is 14.2 Å². The van der Waals surface area contributed by atoms with E-state index in [1.165, 1.54) is 0 Å². The number of benzene rings is 2. The number of aryl methyl sites for hydroxylation is 1. The Morgan fingerprint density at radius 1 is 1.07 bits per heavy atom. The van der Waals surface area contributed by atoms with Gasteiger partial charge in [-0.25, -0.2) is 0 Å². The molecule has 0 saturated heterocycles. The molecule has 0 spiro atoms. The van der Waals surface area contributed by atoms with Gasteiger partial charge in [0.1, 0.15) is 18.1 Å². The average molecular weight is 386 g/mol. The van der Waals surface area contributed by atoms with Crippen molar-refractivity contribution >= 4 is 5.91 Å². The smallest absolute Gasteiger partial charge is 0.261 e. The van der Waals surface area contributed by atoms with Gasteiger partial charge < -0.3 is 19.5 Å². The highest BCUT2D eigenvalue weighted by Crippen LogP contribution is 2.28. The molecule has 152 valence electrons. The number of hydrogen-bond acceptors (Lipinski definition) is 4. The first kappa shape index (κ1) is 21.8. The second-order valence-electron chi connectivity index (χ2n) is 7.16. The standard InChI is InChI=1S/C23H31NO4/c1-16(2)21-10-9-17(3)13-22(21)28-18(4)23(25)24-15-19-7-6-8-20(14-19)27-12-11-26-5/h6-10,13-14,16,18H,11-12,15H2,1-5H3,(H,24,25). The van der Waals surface area contributed by atoms with Crippen molar-refractivity contribution in [1.29, 1.82) is 0 Å². The number of methoxy groups -OCH3 is 1. The molecular formula is C23H31NO4. The summed E-state index contributed by atoms with van der Waals surface area (Å²) in [5, 5.41) is 2.93. The van der Waals surface area contributed by atoms with Crippen LogP contribution < -0.4 is 14.8 Å². The maximum Gasteiger partial charge on any atom is 0.261 e. The van der Waals surface area contributed by atoms with Crippen LogP contribution in [0.4, 0.5) is 0 Å². The number of nitrogens with one attached hydrogen (secondary N) is 1. The first-order valence-electron chi connectivity index (χ1n) is 9.66. The lowest BCUT2D eigenvalue weighted by molar-refractivity contribution is -0.127. The molecule has 1 atom stereocenters. The Balaban J connectivity index is 1.93. The third-order valence-corrected chi connectivity index (χ3v) is 4.39. The number of hydrogen-bond donors (Lipinski definition) is 1. The summed E-state index contributed by atoms with van der Waals surface area (Å²) in [5.74, 6) is 1.70. The molecule has 1 amide bonds. The van der Waals surface area contributed by atoms with Gasteiger partial charge in [-0.3, -0.25) is 4.79 Å². The Labute approximate surface area is 168 Å². The molecule has 5 nitrogen and oxygen atoms in total. The molecule has 28 heavy (non-hydrogen) atoms. The highest BCUT2D eigenvalue weighted by atomic mass is 16.5. The van der Waals surface area contributed by atoms with Crippen LogP contribution >= 0.6 is 0 Å². The lowest BCUT2D eigenvalue weighted by Crippen LogP contribution is -2.36. The second kappa shape index (κ2) is 10.7. The molecule has 2 aromatic rings. The van der Waals surface area contributed by atoms with Crippen LogP contribution in [0.1, 0.15) is 43.4 Å². The number of carbonyl (C=O) groups excluding carboxylic acids is 1. The fourth-order valence-corrected chi connectivity index (χ4v) is 2.79. The summed E-state index contributed by atoms with van der Waals surface area (Å²) in [6.45, 7) is 9.46. The molecule has 2 aromatic carbocycles. The van der Waals surface area contributed by atoms with Gasteiger partial charge in [-0.05, 0) is 54.7 Å². The Morgan fingerprint density at radius 2 is 1.86 bits per heavy atom. The van der Waals surface area contributed by atoms with Crippen molar-refractivity contribution in [2.24, 2.45) is 0 Å². The molecule has 1 unspecified atom stereocenters. The predicted molar refractivity (Wildman–Crippen MR) is 111 cm³/mol. The summed E-state index contributed by atoms with van der Waals surface area (Å²) < 4.78 is 16.6. The van der Waals surface area contributed by atoms with Crippen molar-refractivity contribution in [3.8, 4) is 11.5 Å². The number of rotatable bonds is 10. The van der Waals surface area contributed by atoms with Gasteiger partial charge in [0.25, 0.3) is 5.91 Å².